The molecule has 1 aromatic carbocycles. The molecule has 3 fully saturated rings. The third kappa shape index (κ3) is 2.82. The molecular formula is C18H21N3O2. The maximum atomic E-state index is 10.4. The predicted molar refractivity (Wildman–Crippen MR) is 87.6 cm³/mol. The number of hydrogen-bond donors (Lipinski definition) is 1. The molecule has 1 aromatic heterocycles. The molecule has 2 atom stereocenters. The van der Waals surface area contributed by atoms with Gasteiger partial charge in [0.25, 0.3) is 0 Å². The van der Waals surface area contributed by atoms with E-state index in [4.69, 9.17) is 4.52 Å². The fraction of sp³-hybridized carbons (Fsp3) is 0.444. The van der Waals surface area contributed by atoms with Crippen LogP contribution in [0.25, 0.3) is 17.5 Å². The molecule has 1 N–H and O–H groups in total. The number of aliphatic hydroxyl groups excluding tert-OH is 1. The van der Waals surface area contributed by atoms with Crippen molar-refractivity contribution in [1.29, 1.82) is 0 Å². The van der Waals surface area contributed by atoms with E-state index in [1.165, 1.54) is 0 Å². The monoisotopic (exact) mass is 311 g/mol. The lowest BCUT2D eigenvalue weighted by atomic mass is 9.80. The van der Waals surface area contributed by atoms with Crippen LogP contribution in [0.3, 0.4) is 0 Å². The third-order valence-electron chi connectivity index (χ3n) is 5.01. The maximum absolute atomic E-state index is 10.4. The summed E-state index contributed by atoms with van der Waals surface area (Å²) >= 11 is 0. The maximum Gasteiger partial charge on any atom is 0.223 e. The molecule has 0 amide bonds. The predicted octanol–water partition coefficient (Wildman–Crippen LogP) is 2.51. The van der Waals surface area contributed by atoms with Crippen LogP contribution in [0.1, 0.15) is 24.3 Å². The van der Waals surface area contributed by atoms with Crippen molar-refractivity contribution < 1.29 is 9.63 Å². The standard InChI is InChI=1S/C18H21N3O2/c1-12-19-18(20-23-12)15-5-2-13(3-6-15)4-7-16-17(22)14-8-10-21(16)11-9-14/h2-7,14,16-17,22H,8-11H2,1H3. The summed E-state index contributed by atoms with van der Waals surface area (Å²) in [6.45, 7) is 3.99. The van der Waals surface area contributed by atoms with E-state index in [1.807, 2.05) is 24.3 Å². The average molecular weight is 311 g/mol. The quantitative estimate of drug-likeness (QED) is 0.943. The molecule has 5 rings (SSSR count). The Kier molecular flexibility index (Phi) is 3.75. The number of aryl methyl sites for hydroxylation is 1. The van der Waals surface area contributed by atoms with Gasteiger partial charge in [-0.25, -0.2) is 0 Å². The fourth-order valence-electron chi connectivity index (χ4n) is 3.66. The van der Waals surface area contributed by atoms with Gasteiger partial charge in [0.1, 0.15) is 0 Å². The van der Waals surface area contributed by atoms with Crippen LogP contribution in [0.5, 0.6) is 0 Å². The lowest BCUT2D eigenvalue weighted by Gasteiger charge is -2.47. The van der Waals surface area contributed by atoms with E-state index in [0.717, 1.165) is 37.1 Å². The molecule has 120 valence electrons. The second-order valence-electron chi connectivity index (χ2n) is 6.47. The molecule has 4 heterocycles. The van der Waals surface area contributed by atoms with E-state index in [2.05, 4.69) is 27.2 Å². The van der Waals surface area contributed by atoms with Gasteiger partial charge in [-0.3, -0.25) is 4.90 Å². The van der Waals surface area contributed by atoms with Crippen LogP contribution in [-0.2, 0) is 0 Å². The number of fused-ring (bicyclic) bond motifs is 3. The Morgan fingerprint density at radius 1 is 1.22 bits per heavy atom. The number of aromatic nitrogens is 2. The Bertz CT molecular complexity index is 697. The summed E-state index contributed by atoms with van der Waals surface area (Å²) in [5, 5.41) is 14.3. The van der Waals surface area contributed by atoms with Crippen LogP contribution < -0.4 is 0 Å². The Morgan fingerprint density at radius 3 is 2.57 bits per heavy atom. The normalized spacial score (nSPS) is 30.2. The highest BCUT2D eigenvalue weighted by molar-refractivity contribution is 5.59. The summed E-state index contributed by atoms with van der Waals surface area (Å²) in [5.41, 5.74) is 2.06. The molecule has 2 bridgehead atoms. The topological polar surface area (TPSA) is 62.4 Å². The zero-order valence-electron chi connectivity index (χ0n) is 13.2. The number of rotatable bonds is 3. The summed E-state index contributed by atoms with van der Waals surface area (Å²) in [6.07, 6.45) is 6.27. The number of piperidine rings is 3. The Balaban J connectivity index is 1.48. The second-order valence-corrected chi connectivity index (χ2v) is 6.47. The molecule has 3 saturated heterocycles. The van der Waals surface area contributed by atoms with Gasteiger partial charge in [0.05, 0.1) is 12.1 Å². The third-order valence-corrected chi connectivity index (χ3v) is 5.01. The molecule has 2 aromatic rings. The van der Waals surface area contributed by atoms with Gasteiger partial charge in [0, 0.05) is 12.5 Å². The van der Waals surface area contributed by atoms with Crippen LogP contribution in [0.15, 0.2) is 34.9 Å². The molecule has 2 unspecified atom stereocenters. The number of hydrogen-bond acceptors (Lipinski definition) is 5. The first kappa shape index (κ1) is 14.6. The molecule has 5 nitrogen and oxygen atoms in total. The molecule has 0 spiro atoms. The van der Waals surface area contributed by atoms with Crippen molar-refractivity contribution in [3.8, 4) is 11.4 Å². The SMILES string of the molecule is Cc1nc(-c2ccc(C=CC3C(O)C4CCN3CC4)cc2)no1. The minimum atomic E-state index is -0.227. The Hall–Kier alpha value is -1.98. The van der Waals surface area contributed by atoms with Crippen LogP contribution >= 0.6 is 0 Å². The number of benzene rings is 1. The van der Waals surface area contributed by atoms with E-state index < -0.39 is 0 Å². The van der Waals surface area contributed by atoms with Gasteiger partial charge in [-0.1, -0.05) is 41.6 Å². The van der Waals surface area contributed by atoms with Crippen molar-refractivity contribution in [3.63, 3.8) is 0 Å². The van der Waals surface area contributed by atoms with Crippen LogP contribution in [0.4, 0.5) is 0 Å². The minimum Gasteiger partial charge on any atom is -0.391 e. The molecule has 0 saturated carbocycles. The minimum absolute atomic E-state index is 0.155. The first-order valence-corrected chi connectivity index (χ1v) is 8.22. The zero-order valence-corrected chi connectivity index (χ0v) is 13.2. The summed E-state index contributed by atoms with van der Waals surface area (Å²) in [7, 11) is 0. The van der Waals surface area contributed by atoms with Crippen molar-refractivity contribution in [2.45, 2.75) is 31.9 Å². The molecule has 23 heavy (non-hydrogen) atoms. The smallest absolute Gasteiger partial charge is 0.223 e. The average Bonchev–Trinajstić information content (AvgIpc) is 3.02. The van der Waals surface area contributed by atoms with Crippen LogP contribution in [0.2, 0.25) is 0 Å². The molecule has 0 radical (unpaired) electrons. The molecule has 5 heteroatoms. The van der Waals surface area contributed by atoms with Crippen molar-refractivity contribution in [3.05, 3.63) is 41.8 Å². The Labute approximate surface area is 135 Å². The summed E-state index contributed by atoms with van der Waals surface area (Å²) < 4.78 is 5.01. The fourth-order valence-corrected chi connectivity index (χ4v) is 3.66. The molecule has 3 aliphatic heterocycles. The first-order chi connectivity index (χ1) is 11.2. The molecule has 0 aliphatic carbocycles. The van der Waals surface area contributed by atoms with E-state index in [9.17, 15) is 5.11 Å². The lowest BCUT2D eigenvalue weighted by molar-refractivity contribution is -0.0533. The van der Waals surface area contributed by atoms with Gasteiger partial charge in [-0.15, -0.1) is 0 Å². The molecular weight excluding hydrogens is 290 g/mol. The van der Waals surface area contributed by atoms with Crippen molar-refractivity contribution in [2.24, 2.45) is 5.92 Å². The second kappa shape index (κ2) is 5.91. The van der Waals surface area contributed by atoms with Crippen molar-refractivity contribution >= 4 is 6.08 Å². The van der Waals surface area contributed by atoms with Crippen molar-refractivity contribution in [2.75, 3.05) is 13.1 Å². The van der Waals surface area contributed by atoms with Gasteiger partial charge in [0.15, 0.2) is 0 Å². The van der Waals surface area contributed by atoms with Crippen LogP contribution in [-0.4, -0.2) is 45.4 Å². The van der Waals surface area contributed by atoms with Gasteiger partial charge in [0.2, 0.25) is 11.7 Å². The lowest BCUT2D eigenvalue weighted by Crippen LogP contribution is -2.56. The summed E-state index contributed by atoms with van der Waals surface area (Å²) in [6, 6.07) is 8.23. The van der Waals surface area contributed by atoms with E-state index in [-0.39, 0.29) is 12.1 Å². The van der Waals surface area contributed by atoms with E-state index in [1.54, 1.807) is 6.92 Å². The summed E-state index contributed by atoms with van der Waals surface area (Å²) in [5.74, 6) is 1.65. The van der Waals surface area contributed by atoms with Gasteiger partial charge in [-0.05, 0) is 37.4 Å². The summed E-state index contributed by atoms with van der Waals surface area (Å²) in [4.78, 5) is 6.62. The van der Waals surface area contributed by atoms with E-state index in [0.29, 0.717) is 17.6 Å². The largest absolute Gasteiger partial charge is 0.391 e. The number of nitrogens with zero attached hydrogens (tertiary/aromatic N) is 3. The highest BCUT2D eigenvalue weighted by Gasteiger charge is 2.39. The molecule has 3 aliphatic rings. The number of aliphatic hydroxyl groups is 1. The first-order valence-electron chi connectivity index (χ1n) is 8.22. The van der Waals surface area contributed by atoms with Gasteiger partial charge < -0.3 is 9.63 Å². The highest BCUT2D eigenvalue weighted by atomic mass is 16.5. The van der Waals surface area contributed by atoms with Crippen molar-refractivity contribution in [1.82, 2.24) is 15.0 Å². The van der Waals surface area contributed by atoms with Gasteiger partial charge >= 0.3 is 0 Å². The van der Waals surface area contributed by atoms with Gasteiger partial charge in [-0.2, -0.15) is 4.98 Å². The highest BCUT2D eigenvalue weighted by Crippen LogP contribution is 2.33. The van der Waals surface area contributed by atoms with Crippen LogP contribution in [0, 0.1) is 12.8 Å². The van der Waals surface area contributed by atoms with E-state index >= 15 is 0 Å². The zero-order chi connectivity index (χ0) is 15.8. The Morgan fingerprint density at radius 2 is 1.96 bits per heavy atom.